The summed E-state index contributed by atoms with van der Waals surface area (Å²) in [6.07, 6.45) is 7.93. The van der Waals surface area contributed by atoms with Crippen molar-refractivity contribution in [1.29, 1.82) is 0 Å². The largest absolute Gasteiger partial charge is 0.332 e. The molecule has 0 heterocycles. The van der Waals surface area contributed by atoms with Gasteiger partial charge in [-0.15, -0.1) is 0 Å². The molecule has 2 N–H and O–H groups in total. The van der Waals surface area contributed by atoms with Crippen molar-refractivity contribution in [3.8, 4) is 0 Å². The molecule has 1 fully saturated rings. The van der Waals surface area contributed by atoms with Gasteiger partial charge in [0.2, 0.25) is 0 Å². The van der Waals surface area contributed by atoms with E-state index in [4.69, 9.17) is 5.73 Å². The second kappa shape index (κ2) is 2.74. The van der Waals surface area contributed by atoms with Gasteiger partial charge in [0.15, 0.2) is 0 Å². The van der Waals surface area contributed by atoms with Crippen molar-refractivity contribution >= 4 is 7.85 Å². The van der Waals surface area contributed by atoms with Crippen LogP contribution in [0.1, 0.15) is 38.5 Å². The standard InChI is InChI=1S/C7H16BN/c8-7(9)5-3-1-2-4-6-7/h1-6,8-9H2. The molecule has 2 heteroatoms. The summed E-state index contributed by atoms with van der Waals surface area (Å²) >= 11 is 0. The van der Waals surface area contributed by atoms with Gasteiger partial charge >= 0.3 is 0 Å². The highest BCUT2D eigenvalue weighted by Gasteiger charge is 2.19. The summed E-state index contributed by atoms with van der Waals surface area (Å²) in [6.45, 7) is 0. The lowest BCUT2D eigenvalue weighted by molar-refractivity contribution is 0.519. The Morgan fingerprint density at radius 1 is 1.00 bits per heavy atom. The van der Waals surface area contributed by atoms with Gasteiger partial charge in [-0.2, -0.15) is 0 Å². The topological polar surface area (TPSA) is 26.0 Å². The van der Waals surface area contributed by atoms with Crippen LogP contribution in [0.3, 0.4) is 0 Å². The van der Waals surface area contributed by atoms with Gasteiger partial charge in [-0.3, -0.25) is 0 Å². The summed E-state index contributed by atoms with van der Waals surface area (Å²) in [7, 11) is 2.18. The van der Waals surface area contributed by atoms with Crippen LogP contribution < -0.4 is 5.73 Å². The second-order valence-corrected chi connectivity index (χ2v) is 3.57. The molecule has 0 atom stereocenters. The van der Waals surface area contributed by atoms with Gasteiger partial charge in [0.25, 0.3) is 0 Å². The molecule has 1 aliphatic carbocycles. The minimum absolute atomic E-state index is 0.163. The maximum Gasteiger partial charge on any atom is 0.127 e. The summed E-state index contributed by atoms with van der Waals surface area (Å²) in [5.74, 6) is 0. The Labute approximate surface area is 58.4 Å². The Hall–Kier alpha value is 0.0249. The SMILES string of the molecule is BC1(N)CCCCCC1. The van der Waals surface area contributed by atoms with E-state index in [1.54, 1.807) is 0 Å². The van der Waals surface area contributed by atoms with E-state index in [9.17, 15) is 0 Å². The first-order chi connectivity index (χ1) is 4.21. The number of hydrogen-bond donors (Lipinski definition) is 1. The van der Waals surface area contributed by atoms with Gasteiger partial charge in [0.05, 0.1) is 0 Å². The fraction of sp³-hybridized carbons (Fsp3) is 1.00. The number of nitrogens with two attached hydrogens (primary N) is 1. The molecule has 0 bridgehead atoms. The zero-order valence-electron chi connectivity index (χ0n) is 6.32. The first-order valence-electron chi connectivity index (χ1n) is 4.00. The predicted octanol–water partition coefficient (Wildman–Crippen LogP) is 0.629. The Morgan fingerprint density at radius 3 is 1.89 bits per heavy atom. The van der Waals surface area contributed by atoms with E-state index in [2.05, 4.69) is 7.85 Å². The van der Waals surface area contributed by atoms with Crippen LogP contribution in [0.5, 0.6) is 0 Å². The van der Waals surface area contributed by atoms with E-state index >= 15 is 0 Å². The van der Waals surface area contributed by atoms with Gasteiger partial charge in [0.1, 0.15) is 7.85 Å². The van der Waals surface area contributed by atoms with Crippen molar-refractivity contribution < 1.29 is 0 Å². The highest BCUT2D eigenvalue weighted by atomic mass is 14.7. The fourth-order valence-electron chi connectivity index (χ4n) is 1.54. The van der Waals surface area contributed by atoms with Gasteiger partial charge in [0, 0.05) is 0 Å². The summed E-state index contributed by atoms with van der Waals surface area (Å²) < 4.78 is 0. The molecular weight excluding hydrogens is 109 g/mol. The molecule has 1 rings (SSSR count). The van der Waals surface area contributed by atoms with Crippen LogP contribution in [0.25, 0.3) is 0 Å². The summed E-state index contributed by atoms with van der Waals surface area (Å²) in [5.41, 5.74) is 6.14. The van der Waals surface area contributed by atoms with Crippen LogP contribution in [-0.4, -0.2) is 13.3 Å². The van der Waals surface area contributed by atoms with Crippen LogP contribution >= 0.6 is 0 Å². The van der Waals surface area contributed by atoms with Crippen LogP contribution in [0.2, 0.25) is 0 Å². The molecular formula is C7H16BN. The minimum Gasteiger partial charge on any atom is -0.332 e. The third-order valence-corrected chi connectivity index (χ3v) is 2.25. The number of hydrogen-bond acceptors (Lipinski definition) is 1. The highest BCUT2D eigenvalue weighted by Crippen LogP contribution is 2.21. The molecule has 1 saturated carbocycles. The second-order valence-electron chi connectivity index (χ2n) is 3.57. The Balaban J connectivity index is 2.36. The summed E-state index contributed by atoms with van der Waals surface area (Å²) in [6, 6.07) is 0. The molecule has 0 amide bonds. The average Bonchev–Trinajstić information content (AvgIpc) is 1.92. The molecule has 0 aromatic heterocycles. The van der Waals surface area contributed by atoms with E-state index < -0.39 is 0 Å². The van der Waals surface area contributed by atoms with Crippen molar-refractivity contribution in [2.75, 3.05) is 0 Å². The first kappa shape index (κ1) is 7.14. The van der Waals surface area contributed by atoms with Crippen molar-refractivity contribution in [3.63, 3.8) is 0 Å². The summed E-state index contributed by atoms with van der Waals surface area (Å²) in [4.78, 5) is 0. The van der Waals surface area contributed by atoms with Crippen molar-refractivity contribution in [1.82, 2.24) is 0 Å². The van der Waals surface area contributed by atoms with E-state index in [1.165, 1.54) is 38.5 Å². The van der Waals surface area contributed by atoms with Crippen LogP contribution in [0.4, 0.5) is 0 Å². The first-order valence-corrected chi connectivity index (χ1v) is 4.00. The Kier molecular flexibility index (Phi) is 2.17. The van der Waals surface area contributed by atoms with Crippen molar-refractivity contribution in [2.45, 2.75) is 44.0 Å². The zero-order valence-corrected chi connectivity index (χ0v) is 6.32. The Bertz CT molecular complexity index is 80.9. The van der Waals surface area contributed by atoms with Gasteiger partial charge in [-0.25, -0.2) is 0 Å². The normalized spacial score (nSPS) is 27.2. The van der Waals surface area contributed by atoms with Crippen LogP contribution in [-0.2, 0) is 0 Å². The molecule has 1 aliphatic rings. The molecule has 0 spiro atoms. The molecule has 0 aromatic carbocycles. The highest BCUT2D eigenvalue weighted by molar-refractivity contribution is 6.15. The average molecular weight is 125 g/mol. The molecule has 1 nitrogen and oxygen atoms in total. The smallest absolute Gasteiger partial charge is 0.127 e. The lowest BCUT2D eigenvalue weighted by atomic mass is 9.73. The minimum atomic E-state index is 0.163. The molecule has 0 aliphatic heterocycles. The summed E-state index contributed by atoms with van der Waals surface area (Å²) in [5, 5.41) is 0. The van der Waals surface area contributed by atoms with Crippen molar-refractivity contribution in [2.24, 2.45) is 5.73 Å². The quantitative estimate of drug-likeness (QED) is 0.373. The maximum absolute atomic E-state index is 5.98. The van der Waals surface area contributed by atoms with Crippen LogP contribution in [0, 0.1) is 0 Å². The molecule has 0 radical (unpaired) electrons. The predicted molar refractivity (Wildman–Crippen MR) is 43.2 cm³/mol. The van der Waals surface area contributed by atoms with Gasteiger partial charge in [-0.05, 0) is 18.3 Å². The molecule has 52 valence electrons. The molecule has 0 saturated heterocycles. The van der Waals surface area contributed by atoms with E-state index in [-0.39, 0.29) is 5.44 Å². The third-order valence-electron chi connectivity index (χ3n) is 2.25. The Morgan fingerprint density at radius 2 is 1.44 bits per heavy atom. The molecule has 0 unspecified atom stereocenters. The molecule has 0 aromatic rings. The molecule has 9 heavy (non-hydrogen) atoms. The van der Waals surface area contributed by atoms with Crippen LogP contribution in [0.15, 0.2) is 0 Å². The lowest BCUT2D eigenvalue weighted by Gasteiger charge is -2.21. The monoisotopic (exact) mass is 125 g/mol. The number of rotatable bonds is 0. The van der Waals surface area contributed by atoms with E-state index in [0.717, 1.165) is 0 Å². The van der Waals surface area contributed by atoms with E-state index in [1.807, 2.05) is 0 Å². The van der Waals surface area contributed by atoms with Crippen molar-refractivity contribution in [3.05, 3.63) is 0 Å². The zero-order chi connectivity index (χ0) is 6.74. The van der Waals surface area contributed by atoms with Gasteiger partial charge < -0.3 is 5.73 Å². The third kappa shape index (κ3) is 2.40. The van der Waals surface area contributed by atoms with E-state index in [0.29, 0.717) is 0 Å². The fourth-order valence-corrected chi connectivity index (χ4v) is 1.54. The maximum atomic E-state index is 5.98. The van der Waals surface area contributed by atoms with Gasteiger partial charge in [-0.1, -0.05) is 25.7 Å². The lowest BCUT2D eigenvalue weighted by Crippen LogP contribution is -2.39.